The van der Waals surface area contributed by atoms with E-state index in [-0.39, 0.29) is 5.69 Å². The molecule has 0 aliphatic carbocycles. The molecule has 0 unspecified atom stereocenters. The topological polar surface area (TPSA) is 92.0 Å². The van der Waals surface area contributed by atoms with Crippen LogP contribution in [-0.4, -0.2) is 20.8 Å². The van der Waals surface area contributed by atoms with E-state index >= 15 is 0 Å². The van der Waals surface area contributed by atoms with E-state index in [4.69, 9.17) is 21.2 Å². The number of carboxylic acid groups (broad SMARTS) is 1. The van der Waals surface area contributed by atoms with Gasteiger partial charge in [0.2, 0.25) is 0 Å². The second kappa shape index (κ2) is 6.63. The quantitative estimate of drug-likeness (QED) is 0.562. The molecule has 0 aliphatic rings. The van der Waals surface area contributed by atoms with Crippen molar-refractivity contribution in [1.82, 2.24) is 9.72 Å². The highest BCUT2D eigenvalue weighted by Crippen LogP contribution is 2.29. The Labute approximate surface area is 158 Å². The summed E-state index contributed by atoms with van der Waals surface area (Å²) in [6, 6.07) is 16.6. The van der Waals surface area contributed by atoms with Crippen LogP contribution >= 0.6 is 11.6 Å². The van der Waals surface area contributed by atoms with Crippen LogP contribution in [0.3, 0.4) is 0 Å². The second-order valence-corrected chi connectivity index (χ2v) is 6.46. The van der Waals surface area contributed by atoms with Gasteiger partial charge in [0.25, 0.3) is 0 Å². The molecule has 1 N–H and O–H groups in total. The number of nitriles is 1. The minimum absolute atomic E-state index is 0.163. The number of carboxylic acids is 1. The van der Waals surface area contributed by atoms with E-state index in [2.05, 4.69) is 11.2 Å². The average molecular weight is 378 g/mol. The monoisotopic (exact) mass is 377 g/mol. The molecule has 4 rings (SSSR count). The third kappa shape index (κ3) is 3.16. The molecular formula is C20H12ClN3O3. The predicted molar refractivity (Wildman–Crippen MR) is 99.7 cm³/mol. The van der Waals surface area contributed by atoms with Gasteiger partial charge in [0.1, 0.15) is 6.07 Å². The third-order valence-corrected chi connectivity index (χ3v) is 4.49. The first kappa shape index (κ1) is 16.9. The molecule has 2 aromatic heterocycles. The first-order chi connectivity index (χ1) is 13.0. The lowest BCUT2D eigenvalue weighted by atomic mass is 10.1. The highest BCUT2D eigenvalue weighted by atomic mass is 35.5. The summed E-state index contributed by atoms with van der Waals surface area (Å²) in [6.45, 7) is 0.573. The Bertz CT molecular complexity index is 1220. The number of carbonyl (C=O) groups is 1. The molecule has 0 spiro atoms. The maximum Gasteiger partial charge on any atom is 0.358 e. The van der Waals surface area contributed by atoms with E-state index in [0.717, 1.165) is 16.5 Å². The summed E-state index contributed by atoms with van der Waals surface area (Å²) < 4.78 is 7.09. The number of hydrogen-bond donors (Lipinski definition) is 1. The summed E-state index contributed by atoms with van der Waals surface area (Å²) in [7, 11) is 0. The molecule has 27 heavy (non-hydrogen) atoms. The number of halogens is 1. The third-order valence-electron chi connectivity index (χ3n) is 4.26. The summed E-state index contributed by atoms with van der Waals surface area (Å²) >= 11 is 6.05. The summed E-state index contributed by atoms with van der Waals surface area (Å²) in [4.78, 5) is 11.0. The summed E-state index contributed by atoms with van der Waals surface area (Å²) in [5.74, 6) is -0.822. The Hall–Kier alpha value is -3.56. The van der Waals surface area contributed by atoms with Crippen LogP contribution in [0.5, 0.6) is 0 Å². The van der Waals surface area contributed by atoms with Crippen molar-refractivity contribution < 1.29 is 14.4 Å². The van der Waals surface area contributed by atoms with E-state index in [9.17, 15) is 10.1 Å². The number of fused-ring (bicyclic) bond motifs is 1. The minimum atomic E-state index is -1.16. The molecule has 0 bridgehead atoms. The number of hydrogen-bond acceptors (Lipinski definition) is 4. The van der Waals surface area contributed by atoms with Crippen molar-refractivity contribution >= 4 is 28.5 Å². The molecule has 4 aromatic rings. The van der Waals surface area contributed by atoms with Crippen LogP contribution in [0.1, 0.15) is 21.6 Å². The normalized spacial score (nSPS) is 10.8. The SMILES string of the molecule is N#Cc1cn(Cc2cccc(Cl)c2)c2ccc(-c3cc(C(=O)O)no3)cc12. The maximum absolute atomic E-state index is 11.0. The van der Waals surface area contributed by atoms with Gasteiger partial charge in [-0.05, 0) is 35.9 Å². The van der Waals surface area contributed by atoms with E-state index in [1.54, 1.807) is 12.3 Å². The van der Waals surface area contributed by atoms with Crippen molar-refractivity contribution in [3.8, 4) is 17.4 Å². The molecule has 0 atom stereocenters. The Morgan fingerprint density at radius 1 is 1.26 bits per heavy atom. The molecule has 132 valence electrons. The van der Waals surface area contributed by atoms with Crippen LogP contribution in [0.2, 0.25) is 5.02 Å². The van der Waals surface area contributed by atoms with Gasteiger partial charge in [0.15, 0.2) is 11.5 Å². The van der Waals surface area contributed by atoms with Gasteiger partial charge in [0.05, 0.1) is 5.56 Å². The minimum Gasteiger partial charge on any atom is -0.476 e. The molecule has 0 aliphatic heterocycles. The van der Waals surface area contributed by atoms with E-state index in [1.165, 1.54) is 6.07 Å². The van der Waals surface area contributed by atoms with E-state index in [1.807, 2.05) is 41.0 Å². The fourth-order valence-electron chi connectivity index (χ4n) is 3.01. The molecule has 0 saturated heterocycles. The Morgan fingerprint density at radius 2 is 2.11 bits per heavy atom. The van der Waals surface area contributed by atoms with Gasteiger partial charge < -0.3 is 14.2 Å². The van der Waals surface area contributed by atoms with Crippen molar-refractivity contribution in [3.05, 3.63) is 76.6 Å². The first-order valence-corrected chi connectivity index (χ1v) is 8.41. The molecule has 0 amide bonds. The molecule has 0 radical (unpaired) electrons. The number of benzene rings is 2. The summed E-state index contributed by atoms with van der Waals surface area (Å²) in [6.07, 6.45) is 1.79. The highest BCUT2D eigenvalue weighted by Gasteiger charge is 2.15. The van der Waals surface area contributed by atoms with Gasteiger partial charge in [-0.3, -0.25) is 0 Å². The fourth-order valence-corrected chi connectivity index (χ4v) is 3.23. The van der Waals surface area contributed by atoms with Crippen molar-refractivity contribution in [2.45, 2.75) is 6.54 Å². The van der Waals surface area contributed by atoms with Gasteiger partial charge in [-0.2, -0.15) is 5.26 Å². The zero-order chi connectivity index (χ0) is 19.0. The number of nitrogens with zero attached hydrogens (tertiary/aromatic N) is 3. The molecule has 2 aromatic carbocycles. The summed E-state index contributed by atoms with van der Waals surface area (Å²) in [5.41, 5.74) is 2.91. The molecule has 6 nitrogen and oxygen atoms in total. The van der Waals surface area contributed by atoms with Crippen molar-refractivity contribution in [1.29, 1.82) is 5.26 Å². The lowest BCUT2D eigenvalue weighted by Gasteiger charge is -2.06. The lowest BCUT2D eigenvalue weighted by molar-refractivity contribution is 0.0686. The van der Waals surface area contributed by atoms with Gasteiger partial charge in [-0.15, -0.1) is 0 Å². The maximum atomic E-state index is 11.0. The van der Waals surface area contributed by atoms with Crippen LogP contribution in [0, 0.1) is 11.3 Å². The van der Waals surface area contributed by atoms with Crippen LogP contribution in [-0.2, 0) is 6.54 Å². The molecule has 7 heteroatoms. The van der Waals surface area contributed by atoms with Gasteiger partial charge in [-0.25, -0.2) is 4.79 Å². The number of rotatable bonds is 4. The second-order valence-electron chi connectivity index (χ2n) is 6.03. The van der Waals surface area contributed by atoms with Gasteiger partial charge >= 0.3 is 5.97 Å². The Balaban J connectivity index is 1.77. The van der Waals surface area contributed by atoms with Crippen molar-refractivity contribution in [3.63, 3.8) is 0 Å². The fraction of sp³-hybridized carbons (Fsp3) is 0.0500. The Kier molecular flexibility index (Phi) is 4.15. The average Bonchev–Trinajstić information content (AvgIpc) is 3.27. The predicted octanol–water partition coefficient (Wildman–Crippen LogP) is 4.57. The van der Waals surface area contributed by atoms with Gasteiger partial charge in [0, 0.05) is 40.3 Å². The van der Waals surface area contributed by atoms with Crippen LogP contribution in [0.25, 0.3) is 22.2 Å². The smallest absolute Gasteiger partial charge is 0.358 e. The van der Waals surface area contributed by atoms with E-state index < -0.39 is 5.97 Å². The van der Waals surface area contributed by atoms with E-state index in [0.29, 0.717) is 28.5 Å². The summed E-state index contributed by atoms with van der Waals surface area (Å²) in [5, 5.41) is 23.4. The number of aromatic carboxylic acids is 1. The molecule has 0 fully saturated rings. The highest BCUT2D eigenvalue weighted by molar-refractivity contribution is 6.30. The standard InChI is InChI=1S/C20H12ClN3O3/c21-15-3-1-2-12(6-15)10-24-11-14(9-22)16-7-13(4-5-18(16)24)19-8-17(20(25)26)23-27-19/h1-8,11H,10H2,(H,25,26). The van der Waals surface area contributed by atoms with Gasteiger partial charge in [-0.1, -0.05) is 28.9 Å². The number of aromatic nitrogens is 2. The largest absolute Gasteiger partial charge is 0.476 e. The Morgan fingerprint density at radius 3 is 2.81 bits per heavy atom. The zero-order valence-corrected chi connectivity index (χ0v) is 14.6. The zero-order valence-electron chi connectivity index (χ0n) is 13.9. The molecular weight excluding hydrogens is 366 g/mol. The molecule has 0 saturated carbocycles. The van der Waals surface area contributed by atoms with Crippen molar-refractivity contribution in [2.75, 3.05) is 0 Å². The van der Waals surface area contributed by atoms with Crippen LogP contribution in [0.4, 0.5) is 0 Å². The lowest BCUT2D eigenvalue weighted by Crippen LogP contribution is -1.97. The van der Waals surface area contributed by atoms with Crippen LogP contribution < -0.4 is 0 Å². The molecule has 2 heterocycles. The van der Waals surface area contributed by atoms with Crippen LogP contribution in [0.15, 0.2) is 59.3 Å². The van der Waals surface area contributed by atoms with Crippen molar-refractivity contribution in [2.24, 2.45) is 0 Å². The first-order valence-electron chi connectivity index (χ1n) is 8.03.